The monoisotopic (exact) mass is 210 g/mol. The van der Waals surface area contributed by atoms with Crippen LogP contribution in [0.4, 0.5) is 17.6 Å². The predicted octanol–water partition coefficient (Wildman–Crippen LogP) is 2.49. The highest BCUT2D eigenvalue weighted by Crippen LogP contribution is 2.21. The van der Waals surface area contributed by atoms with Crippen molar-refractivity contribution < 1.29 is 17.6 Å². The molecule has 0 aromatic heterocycles. The Morgan fingerprint density at radius 3 is 1.77 bits per heavy atom. The molecule has 0 radical (unpaired) electrons. The molecule has 0 aliphatic heterocycles. The molecular weight excluding hydrogens is 203 g/mol. The molecule has 1 rings (SSSR count). The summed E-state index contributed by atoms with van der Waals surface area (Å²) >= 11 is 0. The van der Waals surface area contributed by atoms with Crippen molar-refractivity contribution in [3.8, 4) is 0 Å². The highest BCUT2D eigenvalue weighted by molar-refractivity contribution is 7.46. The van der Waals surface area contributed by atoms with Gasteiger partial charge in [-0.1, -0.05) is 8.58 Å². The summed E-state index contributed by atoms with van der Waals surface area (Å²) in [5.74, 6) is -6.05. The van der Waals surface area contributed by atoms with E-state index in [2.05, 4.69) is 0 Å². The van der Waals surface area contributed by atoms with Crippen LogP contribution >= 0.6 is 8.58 Å². The van der Waals surface area contributed by atoms with Crippen molar-refractivity contribution in [3.63, 3.8) is 0 Å². The first-order chi connectivity index (χ1) is 6.00. The van der Waals surface area contributed by atoms with Crippen molar-refractivity contribution in [2.75, 3.05) is 6.66 Å². The SMILES string of the molecule is CPc1c(C)c(F)c(F)c(F)c1F. The first-order valence-electron chi connectivity index (χ1n) is 3.51. The highest BCUT2D eigenvalue weighted by Gasteiger charge is 2.21. The summed E-state index contributed by atoms with van der Waals surface area (Å²) in [4.78, 5) is 0. The fourth-order valence-electron chi connectivity index (χ4n) is 1.04. The summed E-state index contributed by atoms with van der Waals surface area (Å²) in [6, 6.07) is 0. The van der Waals surface area contributed by atoms with Crippen LogP contribution in [-0.2, 0) is 0 Å². The first kappa shape index (κ1) is 10.5. The van der Waals surface area contributed by atoms with Crippen molar-refractivity contribution in [2.45, 2.75) is 6.92 Å². The quantitative estimate of drug-likeness (QED) is 0.289. The molecule has 0 saturated carbocycles. The summed E-state index contributed by atoms with van der Waals surface area (Å²) in [7, 11) is -0.105. The third-order valence-electron chi connectivity index (χ3n) is 1.75. The molecule has 0 bridgehead atoms. The van der Waals surface area contributed by atoms with Crippen molar-refractivity contribution in [3.05, 3.63) is 28.8 Å². The second-order valence-corrected chi connectivity index (χ2v) is 3.51. The normalized spacial score (nSPS) is 11.5. The third kappa shape index (κ3) is 1.55. The van der Waals surface area contributed by atoms with E-state index in [1.807, 2.05) is 0 Å². The molecular formula is C8H7F4P. The van der Waals surface area contributed by atoms with Gasteiger partial charge in [-0.2, -0.15) is 0 Å². The molecule has 1 aromatic rings. The Balaban J connectivity index is 3.56. The highest BCUT2D eigenvalue weighted by atomic mass is 31.1. The van der Waals surface area contributed by atoms with Crippen LogP contribution in [0.1, 0.15) is 5.56 Å². The van der Waals surface area contributed by atoms with Crippen LogP contribution < -0.4 is 5.30 Å². The maximum absolute atomic E-state index is 12.9. The van der Waals surface area contributed by atoms with E-state index in [-0.39, 0.29) is 19.4 Å². The van der Waals surface area contributed by atoms with Gasteiger partial charge in [-0.05, 0) is 19.2 Å². The van der Waals surface area contributed by atoms with Crippen LogP contribution in [0.25, 0.3) is 0 Å². The van der Waals surface area contributed by atoms with Crippen LogP contribution in [-0.4, -0.2) is 6.66 Å². The van der Waals surface area contributed by atoms with Crippen LogP contribution in [0.3, 0.4) is 0 Å². The molecule has 0 N–H and O–H groups in total. The van der Waals surface area contributed by atoms with Gasteiger partial charge < -0.3 is 0 Å². The lowest BCUT2D eigenvalue weighted by molar-refractivity contribution is 0.410. The summed E-state index contributed by atoms with van der Waals surface area (Å²) in [5.41, 5.74) is -0.155. The number of benzene rings is 1. The maximum Gasteiger partial charge on any atom is 0.198 e. The molecule has 0 nitrogen and oxygen atoms in total. The lowest BCUT2D eigenvalue weighted by atomic mass is 10.2. The predicted molar refractivity (Wildman–Crippen MR) is 44.9 cm³/mol. The summed E-state index contributed by atoms with van der Waals surface area (Å²) in [5, 5.41) is -0.0867. The zero-order valence-electron chi connectivity index (χ0n) is 7.01. The van der Waals surface area contributed by atoms with E-state index < -0.39 is 23.3 Å². The van der Waals surface area contributed by atoms with Crippen LogP contribution in [0.15, 0.2) is 0 Å². The Morgan fingerprint density at radius 2 is 1.31 bits per heavy atom. The van der Waals surface area contributed by atoms with E-state index in [4.69, 9.17) is 0 Å². The Labute approximate surface area is 74.7 Å². The zero-order chi connectivity index (χ0) is 10.2. The summed E-state index contributed by atoms with van der Waals surface area (Å²) in [6.07, 6.45) is 0. The molecule has 0 amide bonds. The second-order valence-electron chi connectivity index (χ2n) is 2.51. The Hall–Kier alpha value is -0.630. The molecule has 0 fully saturated rings. The number of hydrogen-bond acceptors (Lipinski definition) is 0. The van der Waals surface area contributed by atoms with E-state index >= 15 is 0 Å². The van der Waals surface area contributed by atoms with Crippen molar-refractivity contribution in [1.82, 2.24) is 0 Å². The molecule has 0 heterocycles. The van der Waals surface area contributed by atoms with Gasteiger partial charge in [0.2, 0.25) is 0 Å². The molecule has 1 unspecified atom stereocenters. The van der Waals surface area contributed by atoms with Gasteiger partial charge in [-0.25, -0.2) is 17.6 Å². The molecule has 0 aliphatic carbocycles. The molecule has 0 spiro atoms. The van der Waals surface area contributed by atoms with Gasteiger partial charge in [-0.15, -0.1) is 0 Å². The molecule has 1 atom stereocenters. The average molecular weight is 210 g/mol. The minimum absolute atomic E-state index is 0.0867. The number of halogens is 4. The first-order valence-corrected chi connectivity index (χ1v) is 5.01. The van der Waals surface area contributed by atoms with Gasteiger partial charge in [-0.3, -0.25) is 0 Å². The molecule has 13 heavy (non-hydrogen) atoms. The Kier molecular flexibility index (Phi) is 2.91. The van der Waals surface area contributed by atoms with Crippen LogP contribution in [0.5, 0.6) is 0 Å². The summed E-state index contributed by atoms with van der Waals surface area (Å²) < 4.78 is 51.0. The van der Waals surface area contributed by atoms with Gasteiger partial charge >= 0.3 is 0 Å². The molecule has 72 valence electrons. The topological polar surface area (TPSA) is 0 Å². The van der Waals surface area contributed by atoms with Crippen molar-refractivity contribution >= 4 is 13.9 Å². The molecule has 1 aromatic carbocycles. The van der Waals surface area contributed by atoms with Gasteiger partial charge in [0.1, 0.15) is 0 Å². The standard InChI is InChI=1S/C8H7F4P/c1-3-4(9)5(10)6(11)7(12)8(3)13-2/h13H,1-2H3. The second kappa shape index (κ2) is 3.62. The third-order valence-corrected chi connectivity index (χ3v) is 2.85. The van der Waals surface area contributed by atoms with Crippen molar-refractivity contribution in [2.24, 2.45) is 0 Å². The van der Waals surface area contributed by atoms with E-state index in [0.717, 1.165) is 0 Å². The molecule has 0 aliphatic rings. The fourth-order valence-corrected chi connectivity index (χ4v) is 1.85. The number of hydrogen-bond donors (Lipinski definition) is 0. The lowest BCUT2D eigenvalue weighted by Crippen LogP contribution is -2.14. The van der Waals surface area contributed by atoms with Gasteiger partial charge in [0.15, 0.2) is 23.3 Å². The van der Waals surface area contributed by atoms with Crippen molar-refractivity contribution in [1.29, 1.82) is 0 Å². The fraction of sp³-hybridized carbons (Fsp3) is 0.250. The van der Waals surface area contributed by atoms with Gasteiger partial charge in [0, 0.05) is 5.30 Å². The van der Waals surface area contributed by atoms with E-state index in [9.17, 15) is 17.6 Å². The van der Waals surface area contributed by atoms with E-state index in [0.29, 0.717) is 0 Å². The lowest BCUT2D eigenvalue weighted by Gasteiger charge is -2.07. The van der Waals surface area contributed by atoms with Gasteiger partial charge in [0.25, 0.3) is 0 Å². The van der Waals surface area contributed by atoms with Crippen LogP contribution in [0, 0.1) is 30.2 Å². The van der Waals surface area contributed by atoms with E-state index in [1.54, 1.807) is 6.66 Å². The average Bonchev–Trinajstić information content (AvgIpc) is 2.13. The van der Waals surface area contributed by atoms with Gasteiger partial charge in [0.05, 0.1) is 0 Å². The van der Waals surface area contributed by atoms with E-state index in [1.165, 1.54) is 6.92 Å². The molecule has 5 heteroatoms. The Bertz CT molecular complexity index is 319. The summed E-state index contributed by atoms with van der Waals surface area (Å²) in [6.45, 7) is 2.80. The molecule has 0 saturated heterocycles. The largest absolute Gasteiger partial charge is 0.203 e. The van der Waals surface area contributed by atoms with Crippen LogP contribution in [0.2, 0.25) is 0 Å². The number of rotatable bonds is 1. The Morgan fingerprint density at radius 1 is 0.846 bits per heavy atom. The zero-order valence-corrected chi connectivity index (χ0v) is 8.01. The smallest absolute Gasteiger partial charge is 0.198 e. The maximum atomic E-state index is 12.9. The minimum atomic E-state index is -1.74. The minimum Gasteiger partial charge on any atom is -0.203 e.